The highest BCUT2D eigenvalue weighted by atomic mass is 16.1. The highest BCUT2D eigenvalue weighted by Crippen LogP contribution is 2.14. The minimum Gasteiger partial charge on any atom is -0.366 e. The Morgan fingerprint density at radius 3 is 2.64 bits per heavy atom. The molecule has 0 aliphatic heterocycles. The third-order valence-corrected chi connectivity index (χ3v) is 1.89. The van der Waals surface area contributed by atoms with Crippen molar-refractivity contribution in [3.8, 4) is 6.07 Å². The fraction of sp³-hybridized carbons (Fsp3) is 0.100. The van der Waals surface area contributed by atoms with Crippen molar-refractivity contribution < 1.29 is 9.59 Å². The Labute approximate surface area is 80.9 Å². The lowest BCUT2D eigenvalue weighted by Gasteiger charge is -2.03. The van der Waals surface area contributed by atoms with E-state index in [1.54, 1.807) is 6.92 Å². The summed E-state index contributed by atoms with van der Waals surface area (Å²) in [5, 5.41) is 8.73. The third kappa shape index (κ3) is 1.62. The quantitative estimate of drug-likeness (QED) is 0.696. The zero-order chi connectivity index (χ0) is 10.7. The third-order valence-electron chi connectivity index (χ3n) is 1.89. The van der Waals surface area contributed by atoms with E-state index in [0.717, 1.165) is 0 Å². The van der Waals surface area contributed by atoms with Crippen LogP contribution in [0.4, 0.5) is 0 Å². The molecule has 0 saturated carbocycles. The Balaban J connectivity index is 3.48. The number of aldehydes is 1. The summed E-state index contributed by atoms with van der Waals surface area (Å²) in [6, 6.07) is 4.71. The number of benzene rings is 1. The lowest BCUT2D eigenvalue weighted by atomic mass is 10.00. The van der Waals surface area contributed by atoms with Gasteiger partial charge in [-0.3, -0.25) is 9.59 Å². The number of carbonyl (C=O) groups is 2. The summed E-state index contributed by atoms with van der Waals surface area (Å²) in [5.74, 6) is -0.610. The minimum atomic E-state index is -0.610. The Morgan fingerprint density at radius 1 is 1.57 bits per heavy atom. The Kier molecular flexibility index (Phi) is 2.63. The maximum absolute atomic E-state index is 10.8. The van der Waals surface area contributed by atoms with Crippen LogP contribution in [0.5, 0.6) is 0 Å². The maximum Gasteiger partial charge on any atom is 0.248 e. The van der Waals surface area contributed by atoms with E-state index in [2.05, 4.69) is 0 Å². The number of hydrogen-bond acceptors (Lipinski definition) is 3. The first kappa shape index (κ1) is 9.93. The SMILES string of the molecule is Cc1cc(C(N)=O)cc(C=O)c1C#N. The Bertz CT molecular complexity index is 444. The van der Waals surface area contributed by atoms with Crippen LogP contribution in [-0.2, 0) is 0 Å². The average molecular weight is 188 g/mol. The first-order chi connectivity index (χ1) is 6.60. The molecule has 0 atom stereocenters. The largest absolute Gasteiger partial charge is 0.366 e. The van der Waals surface area contributed by atoms with Gasteiger partial charge in [-0.05, 0) is 24.6 Å². The number of aryl methyl sites for hydroxylation is 1. The van der Waals surface area contributed by atoms with Gasteiger partial charge in [0, 0.05) is 11.1 Å². The van der Waals surface area contributed by atoms with Crippen LogP contribution < -0.4 is 5.73 Å². The van der Waals surface area contributed by atoms with Gasteiger partial charge in [0.2, 0.25) is 5.91 Å². The Morgan fingerprint density at radius 2 is 2.21 bits per heavy atom. The maximum atomic E-state index is 10.8. The molecule has 0 bridgehead atoms. The number of amides is 1. The van der Waals surface area contributed by atoms with E-state index in [-0.39, 0.29) is 16.7 Å². The molecule has 0 aromatic heterocycles. The van der Waals surface area contributed by atoms with Crippen molar-refractivity contribution in [1.29, 1.82) is 5.26 Å². The molecule has 70 valence electrons. The molecule has 0 heterocycles. The zero-order valence-corrected chi connectivity index (χ0v) is 7.57. The first-order valence-corrected chi connectivity index (χ1v) is 3.90. The van der Waals surface area contributed by atoms with Gasteiger partial charge >= 0.3 is 0 Å². The average Bonchev–Trinajstić information content (AvgIpc) is 2.16. The van der Waals surface area contributed by atoms with Crippen molar-refractivity contribution >= 4 is 12.2 Å². The lowest BCUT2D eigenvalue weighted by molar-refractivity contribution is 0.1000. The predicted molar refractivity (Wildman–Crippen MR) is 49.8 cm³/mol. The van der Waals surface area contributed by atoms with E-state index in [9.17, 15) is 9.59 Å². The normalized spacial score (nSPS) is 9.14. The van der Waals surface area contributed by atoms with Crippen LogP contribution in [-0.4, -0.2) is 12.2 Å². The fourth-order valence-electron chi connectivity index (χ4n) is 1.20. The predicted octanol–water partition coefficient (Wildman–Crippen LogP) is 0.778. The monoisotopic (exact) mass is 188 g/mol. The van der Waals surface area contributed by atoms with Crippen molar-refractivity contribution in [3.63, 3.8) is 0 Å². The molecule has 1 rings (SSSR count). The number of nitrogens with zero attached hydrogens (tertiary/aromatic N) is 1. The van der Waals surface area contributed by atoms with Gasteiger partial charge in [-0.1, -0.05) is 0 Å². The smallest absolute Gasteiger partial charge is 0.248 e. The van der Waals surface area contributed by atoms with Gasteiger partial charge in [0.25, 0.3) is 0 Å². The number of primary amides is 1. The molecule has 1 aromatic carbocycles. The second kappa shape index (κ2) is 3.71. The lowest BCUT2D eigenvalue weighted by Crippen LogP contribution is -2.12. The van der Waals surface area contributed by atoms with E-state index >= 15 is 0 Å². The van der Waals surface area contributed by atoms with Gasteiger partial charge in [-0.2, -0.15) is 5.26 Å². The van der Waals surface area contributed by atoms with E-state index in [0.29, 0.717) is 11.8 Å². The van der Waals surface area contributed by atoms with E-state index < -0.39 is 5.91 Å². The summed E-state index contributed by atoms with van der Waals surface area (Å²) in [6.07, 6.45) is 0.540. The van der Waals surface area contributed by atoms with Crippen LogP contribution in [0, 0.1) is 18.3 Å². The van der Waals surface area contributed by atoms with Crippen molar-refractivity contribution in [2.24, 2.45) is 5.73 Å². The molecule has 0 unspecified atom stereocenters. The first-order valence-electron chi connectivity index (χ1n) is 3.90. The van der Waals surface area contributed by atoms with Gasteiger partial charge < -0.3 is 5.73 Å². The van der Waals surface area contributed by atoms with Gasteiger partial charge in [0.1, 0.15) is 6.07 Å². The molecule has 0 radical (unpaired) electrons. The van der Waals surface area contributed by atoms with Crippen molar-refractivity contribution in [2.75, 3.05) is 0 Å². The zero-order valence-electron chi connectivity index (χ0n) is 7.57. The van der Waals surface area contributed by atoms with Crippen LogP contribution in [0.3, 0.4) is 0 Å². The molecular weight excluding hydrogens is 180 g/mol. The molecule has 1 aromatic rings. The highest BCUT2D eigenvalue weighted by Gasteiger charge is 2.09. The van der Waals surface area contributed by atoms with Crippen molar-refractivity contribution in [1.82, 2.24) is 0 Å². The second-order valence-corrected chi connectivity index (χ2v) is 2.85. The topological polar surface area (TPSA) is 84.0 Å². The molecule has 0 aliphatic rings. The summed E-state index contributed by atoms with van der Waals surface area (Å²) >= 11 is 0. The van der Waals surface area contributed by atoms with Gasteiger partial charge in [-0.15, -0.1) is 0 Å². The second-order valence-electron chi connectivity index (χ2n) is 2.85. The number of rotatable bonds is 2. The molecule has 0 fully saturated rings. The number of carbonyl (C=O) groups excluding carboxylic acids is 2. The number of nitrogens with two attached hydrogens (primary N) is 1. The number of hydrogen-bond donors (Lipinski definition) is 1. The fourth-order valence-corrected chi connectivity index (χ4v) is 1.20. The van der Waals surface area contributed by atoms with Crippen LogP contribution >= 0.6 is 0 Å². The summed E-state index contributed by atoms with van der Waals surface area (Å²) < 4.78 is 0. The van der Waals surface area contributed by atoms with E-state index in [1.807, 2.05) is 6.07 Å². The molecule has 0 spiro atoms. The number of nitriles is 1. The van der Waals surface area contributed by atoms with Crippen LogP contribution in [0.25, 0.3) is 0 Å². The summed E-state index contributed by atoms with van der Waals surface area (Å²) in [7, 11) is 0. The van der Waals surface area contributed by atoms with Crippen LogP contribution in [0.1, 0.15) is 31.8 Å². The van der Waals surface area contributed by atoms with Crippen LogP contribution in [0.15, 0.2) is 12.1 Å². The summed E-state index contributed by atoms with van der Waals surface area (Å²) in [5.41, 5.74) is 6.35. The van der Waals surface area contributed by atoms with Crippen molar-refractivity contribution in [3.05, 3.63) is 34.4 Å². The van der Waals surface area contributed by atoms with Gasteiger partial charge in [-0.25, -0.2) is 0 Å². The minimum absolute atomic E-state index is 0.196. The summed E-state index contributed by atoms with van der Waals surface area (Å²) in [6.45, 7) is 1.65. The molecule has 2 N–H and O–H groups in total. The van der Waals surface area contributed by atoms with Crippen LogP contribution in [0.2, 0.25) is 0 Å². The Hall–Kier alpha value is -2.15. The molecule has 4 nitrogen and oxygen atoms in total. The van der Waals surface area contributed by atoms with Gasteiger partial charge in [0.05, 0.1) is 5.56 Å². The molecule has 14 heavy (non-hydrogen) atoms. The molecule has 0 saturated heterocycles. The molecular formula is C10H8N2O2. The van der Waals surface area contributed by atoms with E-state index in [1.165, 1.54) is 12.1 Å². The molecule has 4 heteroatoms. The van der Waals surface area contributed by atoms with Crippen molar-refractivity contribution in [2.45, 2.75) is 6.92 Å². The molecule has 0 aliphatic carbocycles. The highest BCUT2D eigenvalue weighted by molar-refractivity contribution is 5.95. The van der Waals surface area contributed by atoms with Gasteiger partial charge in [0.15, 0.2) is 6.29 Å². The molecule has 1 amide bonds. The van der Waals surface area contributed by atoms with E-state index in [4.69, 9.17) is 11.0 Å². The standard InChI is InChI=1S/C10H8N2O2/c1-6-2-7(10(12)14)3-8(5-13)9(6)4-11/h2-3,5H,1H3,(H2,12,14). The summed E-state index contributed by atoms with van der Waals surface area (Å²) in [4.78, 5) is 21.5.